The van der Waals surface area contributed by atoms with Gasteiger partial charge in [0.05, 0.1) is 6.61 Å². The molecular weight excluding hydrogens is 300 g/mol. The smallest absolute Gasteiger partial charge is 0.127 e. The third-order valence-corrected chi connectivity index (χ3v) is 2.92. The van der Waals surface area contributed by atoms with Gasteiger partial charge in [0.2, 0.25) is 0 Å². The van der Waals surface area contributed by atoms with Crippen LogP contribution in [0, 0.1) is 0 Å². The summed E-state index contributed by atoms with van der Waals surface area (Å²) in [5.41, 5.74) is 2.14. The van der Waals surface area contributed by atoms with E-state index in [1.807, 2.05) is 48.5 Å². The summed E-state index contributed by atoms with van der Waals surface area (Å²) in [7, 11) is 0. The van der Waals surface area contributed by atoms with E-state index in [2.05, 4.69) is 15.9 Å². The van der Waals surface area contributed by atoms with E-state index >= 15 is 0 Å². The Balaban J connectivity index is 2.40. The zero-order valence-electron chi connectivity index (χ0n) is 9.20. The van der Waals surface area contributed by atoms with Crippen molar-refractivity contribution in [2.24, 2.45) is 0 Å². The van der Waals surface area contributed by atoms with Crippen LogP contribution in [-0.2, 0) is 0 Å². The molecule has 0 atom stereocenters. The van der Waals surface area contributed by atoms with Crippen LogP contribution in [0.3, 0.4) is 0 Å². The normalized spacial score (nSPS) is 10.2. The number of rotatable bonds is 4. The molecule has 0 aliphatic carbocycles. The Labute approximate surface area is 115 Å². The molecular formula is C14H12BrClO. The van der Waals surface area contributed by atoms with E-state index in [1.54, 1.807) is 0 Å². The Hall–Kier alpha value is -0.990. The molecule has 0 radical (unpaired) electrons. The summed E-state index contributed by atoms with van der Waals surface area (Å²) in [6, 6.07) is 15.8. The summed E-state index contributed by atoms with van der Waals surface area (Å²) in [6.45, 7) is 0.640. The predicted octanol–water partition coefficient (Wildman–Crippen LogP) is 4.78. The molecule has 0 N–H and O–H groups in total. The molecule has 0 heterocycles. The third kappa shape index (κ3) is 3.24. The highest BCUT2D eigenvalue weighted by Gasteiger charge is 2.06. The number of ether oxygens (including phenoxy) is 1. The molecule has 1 nitrogen and oxygen atoms in total. The summed E-state index contributed by atoms with van der Waals surface area (Å²) in [5.74, 6) is 0.861. The minimum atomic E-state index is 0.640. The molecule has 0 amide bonds. The lowest BCUT2D eigenvalue weighted by atomic mass is 10.0. The highest BCUT2D eigenvalue weighted by Crippen LogP contribution is 2.32. The third-order valence-electron chi connectivity index (χ3n) is 2.36. The summed E-state index contributed by atoms with van der Waals surface area (Å²) in [4.78, 5) is 0. The van der Waals surface area contributed by atoms with Gasteiger partial charge in [-0.1, -0.05) is 57.9 Å². The van der Waals surface area contributed by atoms with Gasteiger partial charge in [0.25, 0.3) is 0 Å². The molecule has 0 saturated carbocycles. The van der Waals surface area contributed by atoms with Gasteiger partial charge in [-0.3, -0.25) is 0 Å². The summed E-state index contributed by atoms with van der Waals surface area (Å²) in [6.07, 6.45) is 0. The molecule has 0 bridgehead atoms. The molecule has 0 saturated heterocycles. The molecule has 0 aromatic heterocycles. The molecule has 0 aliphatic rings. The monoisotopic (exact) mass is 310 g/mol. The van der Waals surface area contributed by atoms with Crippen molar-refractivity contribution < 1.29 is 4.74 Å². The van der Waals surface area contributed by atoms with Gasteiger partial charge in [0.15, 0.2) is 0 Å². The van der Waals surface area contributed by atoms with Crippen LogP contribution in [-0.4, -0.2) is 11.9 Å². The summed E-state index contributed by atoms with van der Waals surface area (Å²) < 4.78 is 5.69. The van der Waals surface area contributed by atoms with Crippen LogP contribution in [0.4, 0.5) is 0 Å². The minimum absolute atomic E-state index is 0.640. The maximum absolute atomic E-state index is 6.04. The van der Waals surface area contributed by atoms with Crippen molar-refractivity contribution >= 4 is 27.5 Å². The van der Waals surface area contributed by atoms with Crippen LogP contribution in [0.5, 0.6) is 5.75 Å². The largest absolute Gasteiger partial charge is 0.492 e. The Morgan fingerprint density at radius 1 is 1.06 bits per heavy atom. The molecule has 2 rings (SSSR count). The number of benzene rings is 2. The second-order valence-electron chi connectivity index (χ2n) is 3.54. The molecule has 0 unspecified atom stereocenters. The Morgan fingerprint density at radius 3 is 2.53 bits per heavy atom. The van der Waals surface area contributed by atoms with E-state index < -0.39 is 0 Å². The van der Waals surface area contributed by atoms with Crippen LogP contribution >= 0.6 is 27.5 Å². The maximum atomic E-state index is 6.04. The van der Waals surface area contributed by atoms with Crippen molar-refractivity contribution in [3.05, 3.63) is 53.6 Å². The Morgan fingerprint density at radius 2 is 1.82 bits per heavy atom. The number of halogens is 2. The van der Waals surface area contributed by atoms with Gasteiger partial charge in [-0.25, -0.2) is 0 Å². The zero-order chi connectivity index (χ0) is 12.1. The maximum Gasteiger partial charge on any atom is 0.127 e. The van der Waals surface area contributed by atoms with E-state index in [1.165, 1.54) is 0 Å². The topological polar surface area (TPSA) is 9.23 Å². The molecule has 88 valence electrons. The molecule has 2 aromatic carbocycles. The summed E-state index contributed by atoms with van der Waals surface area (Å²) >= 11 is 9.39. The fourth-order valence-corrected chi connectivity index (χ4v) is 1.95. The van der Waals surface area contributed by atoms with Crippen LogP contribution in [0.15, 0.2) is 48.5 Å². The Kier molecular flexibility index (Phi) is 4.46. The fraction of sp³-hybridized carbons (Fsp3) is 0.143. The van der Waals surface area contributed by atoms with E-state index in [0.717, 1.165) is 27.2 Å². The van der Waals surface area contributed by atoms with Crippen molar-refractivity contribution in [1.82, 2.24) is 0 Å². The zero-order valence-corrected chi connectivity index (χ0v) is 11.5. The first kappa shape index (κ1) is 12.5. The van der Waals surface area contributed by atoms with Crippen LogP contribution in [0.25, 0.3) is 11.1 Å². The molecule has 0 aliphatic heterocycles. The highest BCUT2D eigenvalue weighted by molar-refractivity contribution is 9.09. The SMILES string of the molecule is Clc1ccc(OCCBr)c(-c2ccccc2)c1. The highest BCUT2D eigenvalue weighted by atomic mass is 79.9. The number of hydrogen-bond acceptors (Lipinski definition) is 1. The van der Waals surface area contributed by atoms with Crippen LogP contribution in [0.1, 0.15) is 0 Å². The van der Waals surface area contributed by atoms with Gasteiger partial charge in [0, 0.05) is 15.9 Å². The predicted molar refractivity (Wildman–Crippen MR) is 76.2 cm³/mol. The lowest BCUT2D eigenvalue weighted by molar-refractivity contribution is 0.346. The van der Waals surface area contributed by atoms with Gasteiger partial charge >= 0.3 is 0 Å². The van der Waals surface area contributed by atoms with E-state index in [-0.39, 0.29) is 0 Å². The average Bonchev–Trinajstić information content (AvgIpc) is 2.38. The molecule has 2 aromatic rings. The molecule has 0 spiro atoms. The van der Waals surface area contributed by atoms with E-state index in [0.29, 0.717) is 6.61 Å². The number of alkyl halides is 1. The van der Waals surface area contributed by atoms with Crippen molar-refractivity contribution in [2.45, 2.75) is 0 Å². The Bertz CT molecular complexity index is 485. The minimum Gasteiger partial charge on any atom is -0.492 e. The first-order valence-electron chi connectivity index (χ1n) is 5.35. The first-order valence-corrected chi connectivity index (χ1v) is 6.85. The van der Waals surface area contributed by atoms with E-state index in [9.17, 15) is 0 Å². The van der Waals surface area contributed by atoms with Crippen LogP contribution in [0.2, 0.25) is 5.02 Å². The fourth-order valence-electron chi connectivity index (χ4n) is 1.62. The van der Waals surface area contributed by atoms with Crippen molar-refractivity contribution in [2.75, 3.05) is 11.9 Å². The second-order valence-corrected chi connectivity index (χ2v) is 4.77. The van der Waals surface area contributed by atoms with Gasteiger partial charge in [0.1, 0.15) is 5.75 Å². The van der Waals surface area contributed by atoms with Gasteiger partial charge in [-0.15, -0.1) is 0 Å². The van der Waals surface area contributed by atoms with Crippen molar-refractivity contribution in [1.29, 1.82) is 0 Å². The number of hydrogen-bond donors (Lipinski definition) is 0. The van der Waals surface area contributed by atoms with E-state index in [4.69, 9.17) is 16.3 Å². The van der Waals surface area contributed by atoms with Gasteiger partial charge < -0.3 is 4.74 Å². The van der Waals surface area contributed by atoms with Crippen molar-refractivity contribution in [3.63, 3.8) is 0 Å². The summed E-state index contributed by atoms with van der Waals surface area (Å²) in [5, 5.41) is 1.53. The van der Waals surface area contributed by atoms with Gasteiger partial charge in [-0.2, -0.15) is 0 Å². The first-order chi connectivity index (χ1) is 8.31. The standard InChI is InChI=1S/C14H12BrClO/c15-8-9-17-14-7-6-12(16)10-13(14)11-4-2-1-3-5-11/h1-7,10H,8-9H2. The lowest BCUT2D eigenvalue weighted by Gasteiger charge is -2.11. The van der Waals surface area contributed by atoms with Crippen LogP contribution < -0.4 is 4.74 Å². The molecule has 0 fully saturated rings. The lowest BCUT2D eigenvalue weighted by Crippen LogP contribution is -1.99. The molecule has 3 heteroatoms. The average molecular weight is 312 g/mol. The molecule has 17 heavy (non-hydrogen) atoms. The van der Waals surface area contributed by atoms with Crippen molar-refractivity contribution in [3.8, 4) is 16.9 Å². The second kappa shape index (κ2) is 6.08. The van der Waals surface area contributed by atoms with Gasteiger partial charge in [-0.05, 0) is 23.8 Å². The quantitative estimate of drug-likeness (QED) is 0.738.